The minimum Gasteiger partial charge on any atom is -0.465 e. The quantitative estimate of drug-likeness (QED) is 0.372. The van der Waals surface area contributed by atoms with Crippen LogP contribution in [0, 0.1) is 0 Å². The fourth-order valence-electron chi connectivity index (χ4n) is 1.99. The molecule has 0 saturated heterocycles. The molecule has 0 atom stereocenters. The van der Waals surface area contributed by atoms with Gasteiger partial charge >= 0.3 is 5.97 Å². The molecular weight excluding hydrogens is 336 g/mol. The molecule has 0 radical (unpaired) electrons. The lowest BCUT2D eigenvalue weighted by Crippen LogP contribution is -2.23. The van der Waals surface area contributed by atoms with E-state index in [1.54, 1.807) is 30.5 Å². The van der Waals surface area contributed by atoms with Gasteiger partial charge in [0.05, 0.1) is 18.9 Å². The monoisotopic (exact) mass is 356 g/mol. The summed E-state index contributed by atoms with van der Waals surface area (Å²) in [4.78, 5) is 13.4. The fraction of sp³-hybridized carbons (Fsp3) is 0.167. The van der Waals surface area contributed by atoms with E-state index in [1.807, 2.05) is 43.3 Å². The van der Waals surface area contributed by atoms with Crippen molar-refractivity contribution < 1.29 is 9.53 Å². The van der Waals surface area contributed by atoms with Gasteiger partial charge in [-0.15, -0.1) is 0 Å². The number of nitrogens with zero attached hydrogens (tertiary/aromatic N) is 2. The summed E-state index contributed by atoms with van der Waals surface area (Å²) in [7, 11) is 5.33. The summed E-state index contributed by atoms with van der Waals surface area (Å²) in [6, 6.07) is 14.8. The topological polar surface area (TPSA) is 66.0 Å². The molecule has 0 bridgehead atoms. The molecular formula is C18H20N4O2S. The highest BCUT2D eigenvalue weighted by Crippen LogP contribution is 2.11. The number of hydrogen-bond donors (Lipinski definition) is 2. The number of hydrazone groups is 1. The molecule has 2 aromatic rings. The summed E-state index contributed by atoms with van der Waals surface area (Å²) in [6.45, 7) is 0. The summed E-state index contributed by atoms with van der Waals surface area (Å²) in [5.74, 6) is -0.378. The van der Waals surface area contributed by atoms with Crippen LogP contribution in [0.4, 0.5) is 11.4 Å². The van der Waals surface area contributed by atoms with Gasteiger partial charge in [-0.3, -0.25) is 5.43 Å². The predicted octanol–water partition coefficient (Wildman–Crippen LogP) is 2.86. The molecule has 0 spiro atoms. The highest BCUT2D eigenvalue weighted by molar-refractivity contribution is 7.80. The van der Waals surface area contributed by atoms with Crippen LogP contribution in [0.3, 0.4) is 0 Å². The standard InChI is InChI=1S/C18H20N4O2S/c1-22(2)16-10-4-13(5-11-16)12-19-21-18(25)20-15-8-6-14(7-9-15)17(23)24-3/h4-12H,1-3H3,(H2,20,21,25). The highest BCUT2D eigenvalue weighted by atomic mass is 32.1. The number of rotatable bonds is 5. The molecule has 2 aromatic carbocycles. The maximum atomic E-state index is 11.4. The van der Waals surface area contributed by atoms with E-state index in [0.29, 0.717) is 10.7 Å². The fourth-order valence-corrected chi connectivity index (χ4v) is 2.16. The summed E-state index contributed by atoms with van der Waals surface area (Å²) in [5, 5.41) is 7.44. The number of hydrogen-bond acceptors (Lipinski definition) is 5. The van der Waals surface area contributed by atoms with Crippen LogP contribution >= 0.6 is 12.2 Å². The number of benzene rings is 2. The van der Waals surface area contributed by atoms with E-state index >= 15 is 0 Å². The van der Waals surface area contributed by atoms with Gasteiger partial charge in [-0.25, -0.2) is 4.79 Å². The zero-order valence-corrected chi connectivity index (χ0v) is 15.1. The zero-order chi connectivity index (χ0) is 18.2. The first-order chi connectivity index (χ1) is 12.0. The lowest BCUT2D eigenvalue weighted by molar-refractivity contribution is 0.0601. The van der Waals surface area contributed by atoms with E-state index in [9.17, 15) is 4.79 Å². The molecule has 2 rings (SSSR count). The Morgan fingerprint density at radius 1 is 1.12 bits per heavy atom. The summed E-state index contributed by atoms with van der Waals surface area (Å²) < 4.78 is 4.65. The molecule has 2 N–H and O–H groups in total. The van der Waals surface area contributed by atoms with Crippen molar-refractivity contribution in [3.8, 4) is 0 Å². The number of carbonyl (C=O) groups excluding carboxylic acids is 1. The number of thiocarbonyl (C=S) groups is 1. The van der Waals surface area contributed by atoms with Crippen LogP contribution in [0.25, 0.3) is 0 Å². The van der Waals surface area contributed by atoms with Crippen molar-refractivity contribution in [1.29, 1.82) is 0 Å². The Balaban J connectivity index is 1.86. The molecule has 6 nitrogen and oxygen atoms in total. The smallest absolute Gasteiger partial charge is 0.337 e. The van der Waals surface area contributed by atoms with Crippen molar-refractivity contribution in [3.63, 3.8) is 0 Å². The van der Waals surface area contributed by atoms with Gasteiger partial charge in [0.1, 0.15) is 0 Å². The van der Waals surface area contributed by atoms with Gasteiger partial charge in [-0.1, -0.05) is 12.1 Å². The maximum Gasteiger partial charge on any atom is 0.337 e. The molecule has 0 aromatic heterocycles. The average molecular weight is 356 g/mol. The van der Waals surface area contributed by atoms with Crippen LogP contribution < -0.4 is 15.6 Å². The van der Waals surface area contributed by atoms with Crippen LogP contribution in [0.15, 0.2) is 53.6 Å². The van der Waals surface area contributed by atoms with Gasteiger partial charge in [0.25, 0.3) is 0 Å². The molecule has 0 aliphatic carbocycles. The first-order valence-corrected chi connectivity index (χ1v) is 7.96. The first-order valence-electron chi connectivity index (χ1n) is 7.55. The SMILES string of the molecule is COC(=O)c1ccc(NC(=S)NN=Cc2ccc(N(C)C)cc2)cc1. The highest BCUT2D eigenvalue weighted by Gasteiger charge is 2.04. The minimum atomic E-state index is -0.378. The Labute approximate surface area is 152 Å². The Kier molecular flexibility index (Phi) is 6.47. The second-order valence-corrected chi connectivity index (χ2v) is 5.79. The Hall–Kier alpha value is -2.93. The van der Waals surface area contributed by atoms with E-state index < -0.39 is 0 Å². The molecule has 0 aliphatic rings. The summed E-state index contributed by atoms with van der Waals surface area (Å²) in [5.41, 5.74) is 6.06. The number of nitrogens with one attached hydrogen (secondary N) is 2. The third kappa shape index (κ3) is 5.58. The van der Waals surface area contributed by atoms with Gasteiger partial charge in [0.15, 0.2) is 5.11 Å². The number of ether oxygens (including phenoxy) is 1. The summed E-state index contributed by atoms with van der Waals surface area (Å²) in [6.07, 6.45) is 1.69. The largest absolute Gasteiger partial charge is 0.465 e. The van der Waals surface area contributed by atoms with E-state index in [4.69, 9.17) is 12.2 Å². The Bertz CT molecular complexity index is 756. The van der Waals surface area contributed by atoms with Crippen molar-refractivity contribution in [2.45, 2.75) is 0 Å². The molecule has 0 fully saturated rings. The molecule has 0 amide bonds. The van der Waals surface area contributed by atoms with Crippen molar-refractivity contribution in [2.75, 3.05) is 31.4 Å². The Morgan fingerprint density at radius 3 is 2.32 bits per heavy atom. The molecule has 0 aliphatic heterocycles. The van der Waals surface area contributed by atoms with Crippen LogP contribution in [0.2, 0.25) is 0 Å². The third-order valence-corrected chi connectivity index (χ3v) is 3.55. The van der Waals surface area contributed by atoms with Crippen molar-refractivity contribution in [2.24, 2.45) is 5.10 Å². The average Bonchev–Trinajstić information content (AvgIpc) is 2.62. The molecule has 7 heteroatoms. The van der Waals surface area contributed by atoms with Crippen molar-refractivity contribution >= 4 is 40.9 Å². The zero-order valence-electron chi connectivity index (χ0n) is 14.3. The van der Waals surface area contributed by atoms with Gasteiger partial charge in [0, 0.05) is 25.5 Å². The number of anilines is 2. The van der Waals surface area contributed by atoms with E-state index in [-0.39, 0.29) is 5.97 Å². The van der Waals surface area contributed by atoms with E-state index in [1.165, 1.54) is 7.11 Å². The second kappa shape index (κ2) is 8.79. The summed E-state index contributed by atoms with van der Waals surface area (Å²) >= 11 is 5.18. The van der Waals surface area contributed by atoms with Crippen LogP contribution in [0.5, 0.6) is 0 Å². The molecule has 0 heterocycles. The van der Waals surface area contributed by atoms with Gasteiger partial charge < -0.3 is 15.0 Å². The number of methoxy groups -OCH3 is 1. The first kappa shape index (κ1) is 18.4. The second-order valence-electron chi connectivity index (χ2n) is 5.38. The number of carbonyl (C=O) groups is 1. The lowest BCUT2D eigenvalue weighted by atomic mass is 10.2. The van der Waals surface area contributed by atoms with Crippen molar-refractivity contribution in [3.05, 3.63) is 59.7 Å². The predicted molar refractivity (Wildman–Crippen MR) is 106 cm³/mol. The van der Waals surface area contributed by atoms with Gasteiger partial charge in [-0.2, -0.15) is 5.10 Å². The third-order valence-electron chi connectivity index (χ3n) is 3.35. The van der Waals surface area contributed by atoms with Crippen LogP contribution in [-0.2, 0) is 4.74 Å². The van der Waals surface area contributed by atoms with Crippen LogP contribution in [0.1, 0.15) is 15.9 Å². The molecule has 0 unspecified atom stereocenters. The van der Waals surface area contributed by atoms with Crippen LogP contribution in [-0.4, -0.2) is 38.5 Å². The lowest BCUT2D eigenvalue weighted by Gasteiger charge is -2.11. The number of esters is 1. The molecule has 25 heavy (non-hydrogen) atoms. The Morgan fingerprint density at radius 2 is 1.76 bits per heavy atom. The molecule has 0 saturated carbocycles. The normalized spacial score (nSPS) is 10.4. The van der Waals surface area contributed by atoms with E-state index in [2.05, 4.69) is 20.6 Å². The van der Waals surface area contributed by atoms with Crippen molar-refractivity contribution in [1.82, 2.24) is 5.43 Å². The van der Waals surface area contributed by atoms with Gasteiger partial charge in [0.2, 0.25) is 0 Å². The maximum absolute atomic E-state index is 11.4. The van der Waals surface area contributed by atoms with E-state index in [0.717, 1.165) is 16.9 Å². The molecule has 130 valence electrons. The minimum absolute atomic E-state index is 0.354. The van der Waals surface area contributed by atoms with Gasteiger partial charge in [-0.05, 0) is 54.2 Å².